The van der Waals surface area contributed by atoms with Gasteiger partial charge in [0.1, 0.15) is 0 Å². The minimum Gasteiger partial charge on any atom is -0.340 e. The summed E-state index contributed by atoms with van der Waals surface area (Å²) < 4.78 is 0. The van der Waals surface area contributed by atoms with Gasteiger partial charge < -0.3 is 4.90 Å². The fraction of sp³-hybridized carbons (Fsp3) is 0.900. The van der Waals surface area contributed by atoms with Crippen LogP contribution in [0.3, 0.4) is 0 Å². The van der Waals surface area contributed by atoms with E-state index < -0.39 is 0 Å². The molecule has 0 N–H and O–H groups in total. The molecule has 82 valence electrons. The van der Waals surface area contributed by atoms with E-state index in [1.807, 2.05) is 11.8 Å². The van der Waals surface area contributed by atoms with Gasteiger partial charge in [0.25, 0.3) is 0 Å². The predicted octanol–water partition coefficient (Wildman–Crippen LogP) is 0.860. The van der Waals surface area contributed by atoms with Gasteiger partial charge in [-0.05, 0) is 18.7 Å². The van der Waals surface area contributed by atoms with Crippen molar-refractivity contribution in [3.05, 3.63) is 0 Å². The summed E-state index contributed by atoms with van der Waals surface area (Å²) in [5, 5.41) is 0. The Morgan fingerprint density at radius 3 is 2.43 bits per heavy atom. The Morgan fingerprint density at radius 1 is 1.29 bits per heavy atom. The third-order valence-corrected chi connectivity index (χ3v) is 2.98. The molecule has 0 saturated carbocycles. The van der Waals surface area contributed by atoms with Crippen LogP contribution in [0, 0.1) is 0 Å². The summed E-state index contributed by atoms with van der Waals surface area (Å²) in [5.74, 6) is 1.24. The van der Waals surface area contributed by atoms with Crippen LogP contribution < -0.4 is 0 Å². The van der Waals surface area contributed by atoms with E-state index in [1.54, 1.807) is 0 Å². The van der Waals surface area contributed by atoms with Crippen molar-refractivity contribution < 1.29 is 4.79 Å². The van der Waals surface area contributed by atoms with Gasteiger partial charge in [-0.25, -0.2) is 0 Å². The molecule has 14 heavy (non-hydrogen) atoms. The SMILES string of the molecule is CCC(=O)N1CCN(CCCS)CC1. The molecule has 4 heteroatoms. The summed E-state index contributed by atoms with van der Waals surface area (Å²) in [5.41, 5.74) is 0. The van der Waals surface area contributed by atoms with Crippen molar-refractivity contribution in [2.75, 3.05) is 38.5 Å². The van der Waals surface area contributed by atoms with E-state index in [1.165, 1.54) is 0 Å². The molecule has 0 aromatic rings. The number of amides is 1. The topological polar surface area (TPSA) is 23.6 Å². The van der Waals surface area contributed by atoms with Crippen LogP contribution in [0.15, 0.2) is 0 Å². The van der Waals surface area contributed by atoms with Crippen molar-refractivity contribution in [3.8, 4) is 0 Å². The van der Waals surface area contributed by atoms with E-state index in [9.17, 15) is 4.79 Å². The molecule has 0 aromatic carbocycles. The molecule has 1 aliphatic heterocycles. The number of rotatable bonds is 4. The highest BCUT2D eigenvalue weighted by Gasteiger charge is 2.18. The lowest BCUT2D eigenvalue weighted by atomic mass is 10.2. The second-order valence-electron chi connectivity index (χ2n) is 3.65. The largest absolute Gasteiger partial charge is 0.340 e. The van der Waals surface area contributed by atoms with E-state index in [-0.39, 0.29) is 0 Å². The van der Waals surface area contributed by atoms with Gasteiger partial charge in [0.15, 0.2) is 0 Å². The van der Waals surface area contributed by atoms with E-state index in [0.29, 0.717) is 12.3 Å². The van der Waals surface area contributed by atoms with Gasteiger partial charge in [0, 0.05) is 32.6 Å². The Morgan fingerprint density at radius 2 is 1.93 bits per heavy atom. The van der Waals surface area contributed by atoms with E-state index in [0.717, 1.165) is 44.9 Å². The number of hydrogen-bond acceptors (Lipinski definition) is 3. The van der Waals surface area contributed by atoms with Crippen LogP contribution in [0.5, 0.6) is 0 Å². The normalized spacial score (nSPS) is 18.6. The predicted molar refractivity (Wildman–Crippen MR) is 61.8 cm³/mol. The number of carbonyl (C=O) groups is 1. The van der Waals surface area contributed by atoms with Gasteiger partial charge in [-0.15, -0.1) is 0 Å². The molecule has 0 spiro atoms. The van der Waals surface area contributed by atoms with Crippen LogP contribution in [0.1, 0.15) is 19.8 Å². The molecule has 1 saturated heterocycles. The molecule has 1 aliphatic rings. The molecule has 1 amide bonds. The quantitative estimate of drug-likeness (QED) is 0.705. The average Bonchev–Trinajstić information content (AvgIpc) is 2.26. The maximum Gasteiger partial charge on any atom is 0.222 e. The number of piperazine rings is 1. The maximum absolute atomic E-state index is 11.4. The van der Waals surface area contributed by atoms with Crippen molar-refractivity contribution >= 4 is 18.5 Å². The summed E-state index contributed by atoms with van der Waals surface area (Å²) in [6.07, 6.45) is 1.78. The van der Waals surface area contributed by atoms with Crippen LogP contribution in [0.2, 0.25) is 0 Å². The van der Waals surface area contributed by atoms with Crippen LogP contribution >= 0.6 is 12.6 Å². The fourth-order valence-electron chi connectivity index (χ4n) is 1.74. The zero-order valence-electron chi connectivity index (χ0n) is 8.91. The third-order valence-electron chi connectivity index (χ3n) is 2.66. The summed E-state index contributed by atoms with van der Waals surface area (Å²) in [7, 11) is 0. The van der Waals surface area contributed by atoms with Gasteiger partial charge in [0.2, 0.25) is 5.91 Å². The minimum atomic E-state index is 0.291. The first-order chi connectivity index (χ1) is 6.77. The Kier molecular flexibility index (Phi) is 5.33. The molecular weight excluding hydrogens is 196 g/mol. The molecule has 0 atom stereocenters. The minimum absolute atomic E-state index is 0.291. The van der Waals surface area contributed by atoms with Crippen molar-refractivity contribution in [2.24, 2.45) is 0 Å². The summed E-state index contributed by atoms with van der Waals surface area (Å²) >= 11 is 4.19. The second-order valence-corrected chi connectivity index (χ2v) is 4.10. The Bertz CT molecular complexity index is 179. The van der Waals surface area contributed by atoms with Crippen molar-refractivity contribution in [3.63, 3.8) is 0 Å². The van der Waals surface area contributed by atoms with Crippen LogP contribution in [0.25, 0.3) is 0 Å². The van der Waals surface area contributed by atoms with Crippen LogP contribution in [-0.2, 0) is 4.79 Å². The number of thiol groups is 1. The summed E-state index contributed by atoms with van der Waals surface area (Å²) in [4.78, 5) is 15.8. The number of hydrogen-bond donors (Lipinski definition) is 1. The zero-order chi connectivity index (χ0) is 10.4. The number of nitrogens with zero attached hydrogens (tertiary/aromatic N) is 2. The summed E-state index contributed by atoms with van der Waals surface area (Å²) in [6, 6.07) is 0. The van der Waals surface area contributed by atoms with Gasteiger partial charge in [-0.3, -0.25) is 9.69 Å². The van der Waals surface area contributed by atoms with Crippen LogP contribution in [-0.4, -0.2) is 54.2 Å². The molecule has 0 bridgehead atoms. The molecule has 0 radical (unpaired) electrons. The van der Waals surface area contributed by atoms with E-state index in [4.69, 9.17) is 0 Å². The molecule has 0 aromatic heterocycles. The van der Waals surface area contributed by atoms with Crippen molar-refractivity contribution in [2.45, 2.75) is 19.8 Å². The van der Waals surface area contributed by atoms with Crippen LogP contribution in [0.4, 0.5) is 0 Å². The molecule has 3 nitrogen and oxygen atoms in total. The molecule has 0 aliphatic carbocycles. The standard InChI is InChI=1S/C10H20N2OS/c1-2-10(13)12-7-5-11(6-8-12)4-3-9-14/h14H,2-9H2,1H3. The smallest absolute Gasteiger partial charge is 0.222 e. The lowest BCUT2D eigenvalue weighted by Gasteiger charge is -2.34. The lowest BCUT2D eigenvalue weighted by Crippen LogP contribution is -2.48. The highest BCUT2D eigenvalue weighted by Crippen LogP contribution is 2.04. The first kappa shape index (κ1) is 11.9. The highest BCUT2D eigenvalue weighted by atomic mass is 32.1. The van der Waals surface area contributed by atoms with Gasteiger partial charge in [0.05, 0.1) is 0 Å². The Labute approximate surface area is 91.9 Å². The first-order valence-corrected chi connectivity index (χ1v) is 6.02. The third kappa shape index (κ3) is 3.50. The Balaban J connectivity index is 2.20. The molecule has 1 heterocycles. The number of carbonyl (C=O) groups excluding carboxylic acids is 1. The maximum atomic E-state index is 11.4. The molecule has 0 unspecified atom stereocenters. The van der Waals surface area contributed by atoms with Crippen molar-refractivity contribution in [1.82, 2.24) is 9.80 Å². The van der Waals surface area contributed by atoms with Gasteiger partial charge in [-0.2, -0.15) is 12.6 Å². The molecule has 1 fully saturated rings. The van der Waals surface area contributed by atoms with E-state index in [2.05, 4.69) is 17.5 Å². The molecule has 1 rings (SSSR count). The first-order valence-electron chi connectivity index (χ1n) is 5.39. The second kappa shape index (κ2) is 6.30. The highest BCUT2D eigenvalue weighted by molar-refractivity contribution is 7.80. The van der Waals surface area contributed by atoms with E-state index >= 15 is 0 Å². The monoisotopic (exact) mass is 216 g/mol. The van der Waals surface area contributed by atoms with Gasteiger partial charge >= 0.3 is 0 Å². The summed E-state index contributed by atoms with van der Waals surface area (Å²) in [6.45, 7) is 6.91. The zero-order valence-corrected chi connectivity index (χ0v) is 9.80. The van der Waals surface area contributed by atoms with Crippen molar-refractivity contribution in [1.29, 1.82) is 0 Å². The molecular formula is C10H20N2OS. The average molecular weight is 216 g/mol. The fourth-order valence-corrected chi connectivity index (χ4v) is 1.88. The Hall–Kier alpha value is -0.220. The van der Waals surface area contributed by atoms with Gasteiger partial charge in [-0.1, -0.05) is 6.92 Å². The lowest BCUT2D eigenvalue weighted by molar-refractivity contribution is -0.132.